The average molecular weight is 399 g/mol. The lowest BCUT2D eigenvalue weighted by molar-refractivity contribution is -0.137. The second kappa shape index (κ2) is 9.49. The molecule has 1 saturated heterocycles. The Hall–Kier alpha value is -1.97. The van der Waals surface area contributed by atoms with E-state index in [0.29, 0.717) is 37.9 Å². The highest BCUT2D eigenvalue weighted by Crippen LogP contribution is 2.29. The largest absolute Gasteiger partial charge is 0.416 e. The summed E-state index contributed by atoms with van der Waals surface area (Å²) in [5.74, 6) is 1.06. The van der Waals surface area contributed by atoms with Crippen LogP contribution in [-0.4, -0.2) is 48.0 Å². The molecule has 9 heteroatoms. The van der Waals surface area contributed by atoms with Crippen molar-refractivity contribution in [1.29, 1.82) is 0 Å². The van der Waals surface area contributed by atoms with Gasteiger partial charge in [0, 0.05) is 33.2 Å². The summed E-state index contributed by atoms with van der Waals surface area (Å²) in [7, 11) is 1.57. The van der Waals surface area contributed by atoms with E-state index in [2.05, 4.69) is 15.0 Å². The van der Waals surface area contributed by atoms with Crippen LogP contribution in [0.1, 0.15) is 35.7 Å². The Morgan fingerprint density at radius 2 is 1.89 bits per heavy atom. The molecule has 2 heterocycles. The topological polar surface area (TPSA) is 60.6 Å². The zero-order valence-corrected chi connectivity index (χ0v) is 15.7. The van der Waals surface area contributed by atoms with E-state index in [1.165, 1.54) is 0 Å². The van der Waals surface area contributed by atoms with Crippen LogP contribution < -0.4 is 0 Å². The third-order valence-electron chi connectivity index (χ3n) is 4.68. The van der Waals surface area contributed by atoms with Crippen molar-refractivity contribution in [2.75, 3.05) is 26.8 Å². The SMILES string of the molecule is COCc1nc(CCOC2CCN(Cc3ccc(C(F)(F)F)cc3)CC2)no1. The van der Waals surface area contributed by atoms with Gasteiger partial charge in [-0.05, 0) is 30.5 Å². The molecule has 6 nitrogen and oxygen atoms in total. The highest BCUT2D eigenvalue weighted by atomic mass is 19.4. The number of rotatable bonds is 8. The van der Waals surface area contributed by atoms with Crippen molar-refractivity contribution >= 4 is 0 Å². The summed E-state index contributed by atoms with van der Waals surface area (Å²) < 4.78 is 53.7. The Labute approximate surface area is 161 Å². The van der Waals surface area contributed by atoms with Crippen molar-refractivity contribution in [3.63, 3.8) is 0 Å². The number of hydrogen-bond acceptors (Lipinski definition) is 6. The molecule has 1 aromatic carbocycles. The molecule has 0 radical (unpaired) electrons. The molecule has 1 aromatic heterocycles. The van der Waals surface area contributed by atoms with Gasteiger partial charge in [-0.3, -0.25) is 4.90 Å². The number of piperidine rings is 1. The van der Waals surface area contributed by atoms with Gasteiger partial charge in [0.2, 0.25) is 0 Å². The standard InChI is InChI=1S/C19H24F3N3O3/c1-26-13-18-23-17(24-28-18)8-11-27-16-6-9-25(10-7-16)12-14-2-4-15(5-3-14)19(20,21)22/h2-5,16H,6-13H2,1H3. The summed E-state index contributed by atoms with van der Waals surface area (Å²) in [4.78, 5) is 6.44. The predicted molar refractivity (Wildman–Crippen MR) is 94.4 cm³/mol. The van der Waals surface area contributed by atoms with Crippen molar-refractivity contribution in [2.24, 2.45) is 0 Å². The van der Waals surface area contributed by atoms with Crippen LogP contribution in [0.15, 0.2) is 28.8 Å². The number of ether oxygens (including phenoxy) is 2. The summed E-state index contributed by atoms with van der Waals surface area (Å²) in [6, 6.07) is 5.38. The van der Waals surface area contributed by atoms with E-state index in [0.717, 1.165) is 43.6 Å². The molecule has 0 spiro atoms. The Kier molecular flexibility index (Phi) is 7.03. The van der Waals surface area contributed by atoms with Gasteiger partial charge in [0.1, 0.15) is 6.61 Å². The molecule has 1 fully saturated rings. The monoisotopic (exact) mass is 399 g/mol. The highest BCUT2D eigenvalue weighted by molar-refractivity contribution is 5.24. The molecule has 28 heavy (non-hydrogen) atoms. The Morgan fingerprint density at radius 1 is 1.18 bits per heavy atom. The zero-order chi connectivity index (χ0) is 20.0. The van der Waals surface area contributed by atoms with E-state index in [1.807, 2.05) is 0 Å². The van der Waals surface area contributed by atoms with Gasteiger partial charge in [0.05, 0.1) is 18.3 Å². The molecule has 0 amide bonds. The van der Waals surface area contributed by atoms with Crippen molar-refractivity contribution < 1.29 is 27.2 Å². The summed E-state index contributed by atoms with van der Waals surface area (Å²) in [6.07, 6.45) is -1.75. The first-order valence-electron chi connectivity index (χ1n) is 9.24. The fraction of sp³-hybridized carbons (Fsp3) is 0.579. The molecular weight excluding hydrogens is 375 g/mol. The minimum Gasteiger partial charge on any atom is -0.378 e. The van der Waals surface area contributed by atoms with Crippen LogP contribution in [0.4, 0.5) is 13.2 Å². The highest BCUT2D eigenvalue weighted by Gasteiger charge is 2.30. The van der Waals surface area contributed by atoms with E-state index in [-0.39, 0.29) is 6.10 Å². The maximum atomic E-state index is 12.6. The number of hydrogen-bond donors (Lipinski definition) is 0. The second-order valence-electron chi connectivity index (χ2n) is 6.83. The lowest BCUT2D eigenvalue weighted by atomic mass is 10.1. The summed E-state index contributed by atoms with van der Waals surface area (Å²) in [6.45, 7) is 3.18. The van der Waals surface area contributed by atoms with Crippen molar-refractivity contribution in [2.45, 2.75) is 44.7 Å². The second-order valence-corrected chi connectivity index (χ2v) is 6.83. The van der Waals surface area contributed by atoms with E-state index in [1.54, 1.807) is 19.2 Å². The summed E-state index contributed by atoms with van der Waals surface area (Å²) in [5, 5.41) is 3.87. The summed E-state index contributed by atoms with van der Waals surface area (Å²) in [5.41, 5.74) is 0.274. The fourth-order valence-corrected chi connectivity index (χ4v) is 3.18. The van der Waals surface area contributed by atoms with Crippen molar-refractivity contribution in [1.82, 2.24) is 15.0 Å². The van der Waals surface area contributed by atoms with Gasteiger partial charge in [-0.25, -0.2) is 0 Å². The van der Waals surface area contributed by atoms with Gasteiger partial charge in [0.25, 0.3) is 5.89 Å². The number of nitrogens with zero attached hydrogens (tertiary/aromatic N) is 3. The van der Waals surface area contributed by atoms with E-state index < -0.39 is 11.7 Å². The van der Waals surface area contributed by atoms with Crippen LogP contribution in [0.5, 0.6) is 0 Å². The Bertz CT molecular complexity index is 726. The molecule has 0 N–H and O–H groups in total. The number of halogens is 3. The van der Waals surface area contributed by atoms with E-state index in [9.17, 15) is 13.2 Å². The Morgan fingerprint density at radius 3 is 2.54 bits per heavy atom. The minimum atomic E-state index is -4.29. The first-order valence-corrected chi connectivity index (χ1v) is 9.24. The maximum absolute atomic E-state index is 12.6. The number of alkyl halides is 3. The van der Waals surface area contributed by atoms with Gasteiger partial charge in [-0.1, -0.05) is 17.3 Å². The average Bonchev–Trinajstić information content (AvgIpc) is 3.11. The predicted octanol–water partition coefficient (Wildman–Crippen LogP) is 3.46. The molecule has 0 atom stereocenters. The van der Waals surface area contributed by atoms with Crippen LogP contribution in [0.3, 0.4) is 0 Å². The van der Waals surface area contributed by atoms with E-state index >= 15 is 0 Å². The molecule has 0 unspecified atom stereocenters. The van der Waals surface area contributed by atoms with Gasteiger partial charge in [0.15, 0.2) is 5.82 Å². The molecule has 1 aliphatic heterocycles. The first-order chi connectivity index (χ1) is 13.4. The van der Waals surface area contributed by atoms with Gasteiger partial charge in [-0.15, -0.1) is 0 Å². The molecule has 3 rings (SSSR count). The minimum absolute atomic E-state index is 0.175. The molecule has 0 bridgehead atoms. The van der Waals surface area contributed by atoms with E-state index in [4.69, 9.17) is 14.0 Å². The fourth-order valence-electron chi connectivity index (χ4n) is 3.18. The van der Waals surface area contributed by atoms with Gasteiger partial charge < -0.3 is 14.0 Å². The number of aromatic nitrogens is 2. The quantitative estimate of drug-likeness (QED) is 0.678. The van der Waals surface area contributed by atoms with Gasteiger partial charge >= 0.3 is 6.18 Å². The molecule has 0 saturated carbocycles. The van der Waals surface area contributed by atoms with Crippen molar-refractivity contribution in [3.05, 3.63) is 47.1 Å². The maximum Gasteiger partial charge on any atom is 0.416 e. The third-order valence-corrected chi connectivity index (χ3v) is 4.68. The first kappa shape index (κ1) is 20.8. The number of likely N-dealkylation sites (tertiary alicyclic amines) is 1. The van der Waals surface area contributed by atoms with Crippen LogP contribution in [-0.2, 0) is 35.2 Å². The van der Waals surface area contributed by atoms with Crippen LogP contribution >= 0.6 is 0 Å². The van der Waals surface area contributed by atoms with Crippen LogP contribution in [0, 0.1) is 0 Å². The smallest absolute Gasteiger partial charge is 0.378 e. The summed E-state index contributed by atoms with van der Waals surface area (Å²) >= 11 is 0. The Balaban J connectivity index is 1.36. The zero-order valence-electron chi connectivity index (χ0n) is 15.7. The lowest BCUT2D eigenvalue weighted by Gasteiger charge is -2.31. The normalized spacial score (nSPS) is 16.6. The number of benzene rings is 1. The molecular formula is C19H24F3N3O3. The van der Waals surface area contributed by atoms with Crippen LogP contribution in [0.2, 0.25) is 0 Å². The molecule has 0 aliphatic carbocycles. The van der Waals surface area contributed by atoms with Crippen molar-refractivity contribution in [3.8, 4) is 0 Å². The van der Waals surface area contributed by atoms with Gasteiger partial charge in [-0.2, -0.15) is 18.2 Å². The lowest BCUT2D eigenvalue weighted by Crippen LogP contribution is -2.36. The molecule has 2 aromatic rings. The third kappa shape index (κ3) is 6.02. The molecule has 1 aliphatic rings. The molecule has 154 valence electrons. The number of methoxy groups -OCH3 is 1. The van der Waals surface area contributed by atoms with Crippen LogP contribution in [0.25, 0.3) is 0 Å².